The van der Waals surface area contributed by atoms with Gasteiger partial charge in [-0.1, -0.05) is 12.0 Å². The summed E-state index contributed by atoms with van der Waals surface area (Å²) in [6, 6.07) is 5.76. The number of terminal acetylenes is 1. The second-order valence-corrected chi connectivity index (χ2v) is 4.64. The van der Waals surface area contributed by atoms with Gasteiger partial charge in [-0.05, 0) is 19.1 Å². The lowest BCUT2D eigenvalue weighted by Crippen LogP contribution is -2.39. The van der Waals surface area contributed by atoms with Gasteiger partial charge >= 0.3 is 0 Å². The summed E-state index contributed by atoms with van der Waals surface area (Å²) >= 11 is 0. The van der Waals surface area contributed by atoms with Crippen LogP contribution < -0.4 is 10.6 Å². The minimum absolute atomic E-state index is 0. The number of amides is 1. The topological polar surface area (TPSA) is 69.6 Å². The summed E-state index contributed by atoms with van der Waals surface area (Å²) in [7, 11) is 1.77. The lowest BCUT2D eigenvalue weighted by molar-refractivity contribution is -0.128. The van der Waals surface area contributed by atoms with Crippen LogP contribution >= 0.6 is 24.0 Å². The van der Waals surface area contributed by atoms with E-state index in [1.54, 1.807) is 18.1 Å². The van der Waals surface area contributed by atoms with E-state index in [0.717, 1.165) is 12.1 Å². The van der Waals surface area contributed by atoms with Crippen LogP contribution in [0.1, 0.15) is 12.6 Å². The second-order valence-electron chi connectivity index (χ2n) is 4.64. The molecular formula is C16H24IN5O. The Bertz CT molecular complexity index is 527. The van der Waals surface area contributed by atoms with Crippen LogP contribution in [-0.2, 0) is 11.2 Å². The molecule has 0 aromatic carbocycles. The number of pyridine rings is 1. The fraction of sp³-hybridized carbons (Fsp3) is 0.438. The largest absolute Gasteiger partial charge is 0.357 e. The standard InChI is InChI=1S/C16H23N5O.HI/c1-4-10-19-16(17-5-2)20-13-15(22)21(3)12-9-14-8-6-7-11-18-14;/h1,6-8,11H,5,9-10,12-13H2,2-3H3,(H2,17,19,20);1H. The van der Waals surface area contributed by atoms with Crippen molar-refractivity contribution in [3.05, 3.63) is 30.1 Å². The van der Waals surface area contributed by atoms with E-state index in [0.29, 0.717) is 25.6 Å². The maximum Gasteiger partial charge on any atom is 0.244 e. The number of aliphatic imine (C=N–C) groups is 1. The highest BCUT2D eigenvalue weighted by atomic mass is 127. The first-order valence-corrected chi connectivity index (χ1v) is 7.27. The molecule has 1 heterocycles. The summed E-state index contributed by atoms with van der Waals surface area (Å²) in [5, 5.41) is 5.98. The summed E-state index contributed by atoms with van der Waals surface area (Å²) in [6.07, 6.45) is 7.67. The molecule has 0 unspecified atom stereocenters. The van der Waals surface area contributed by atoms with E-state index in [9.17, 15) is 4.79 Å². The molecule has 1 aromatic rings. The molecule has 0 atom stereocenters. The number of hydrogen-bond acceptors (Lipinski definition) is 3. The summed E-state index contributed by atoms with van der Waals surface area (Å²) in [4.78, 5) is 22.2. The number of nitrogens with one attached hydrogen (secondary N) is 2. The van der Waals surface area contributed by atoms with E-state index in [2.05, 4.69) is 26.5 Å². The lowest BCUT2D eigenvalue weighted by Gasteiger charge is -2.16. The molecule has 6 nitrogen and oxygen atoms in total. The smallest absolute Gasteiger partial charge is 0.244 e. The van der Waals surface area contributed by atoms with Crippen LogP contribution in [0.5, 0.6) is 0 Å². The molecule has 1 rings (SSSR count). The Labute approximate surface area is 155 Å². The SMILES string of the molecule is C#CCNC(=NCC(=O)N(C)CCc1ccccn1)NCC.I. The van der Waals surface area contributed by atoms with E-state index in [1.165, 1.54) is 0 Å². The third kappa shape index (κ3) is 9.03. The molecule has 7 heteroatoms. The molecule has 0 aliphatic heterocycles. The van der Waals surface area contributed by atoms with Gasteiger partial charge in [0.1, 0.15) is 6.54 Å². The molecule has 0 fully saturated rings. The van der Waals surface area contributed by atoms with Gasteiger partial charge in [-0.2, -0.15) is 0 Å². The minimum atomic E-state index is -0.0474. The average Bonchev–Trinajstić information content (AvgIpc) is 2.55. The number of nitrogens with zero attached hydrogens (tertiary/aromatic N) is 3. The molecule has 0 spiro atoms. The molecule has 0 saturated carbocycles. The highest BCUT2D eigenvalue weighted by Gasteiger charge is 2.08. The number of carbonyl (C=O) groups is 1. The van der Waals surface area contributed by atoms with Crippen molar-refractivity contribution >= 4 is 35.8 Å². The zero-order chi connectivity index (χ0) is 16.2. The number of aromatic nitrogens is 1. The second kappa shape index (κ2) is 12.7. The van der Waals surface area contributed by atoms with Gasteiger partial charge in [-0.3, -0.25) is 9.78 Å². The van der Waals surface area contributed by atoms with Crippen molar-refractivity contribution in [1.82, 2.24) is 20.5 Å². The molecule has 126 valence electrons. The van der Waals surface area contributed by atoms with E-state index >= 15 is 0 Å². The van der Waals surface area contributed by atoms with Crippen LogP contribution in [0.3, 0.4) is 0 Å². The van der Waals surface area contributed by atoms with Crippen LogP contribution in [0, 0.1) is 12.3 Å². The van der Waals surface area contributed by atoms with Crippen molar-refractivity contribution in [1.29, 1.82) is 0 Å². The molecule has 0 saturated heterocycles. The van der Waals surface area contributed by atoms with Crippen LogP contribution in [0.15, 0.2) is 29.4 Å². The van der Waals surface area contributed by atoms with Gasteiger partial charge in [0, 0.05) is 38.4 Å². The summed E-state index contributed by atoms with van der Waals surface area (Å²) in [5.41, 5.74) is 0.967. The van der Waals surface area contributed by atoms with Crippen molar-refractivity contribution in [2.45, 2.75) is 13.3 Å². The van der Waals surface area contributed by atoms with E-state index in [-0.39, 0.29) is 36.4 Å². The van der Waals surface area contributed by atoms with Crippen molar-refractivity contribution in [2.24, 2.45) is 4.99 Å². The molecule has 1 amide bonds. The van der Waals surface area contributed by atoms with E-state index in [1.807, 2.05) is 25.1 Å². The van der Waals surface area contributed by atoms with Gasteiger partial charge in [-0.15, -0.1) is 30.4 Å². The number of carbonyl (C=O) groups excluding carboxylic acids is 1. The number of likely N-dealkylation sites (N-methyl/N-ethyl adjacent to an activating group) is 1. The maximum absolute atomic E-state index is 12.0. The minimum Gasteiger partial charge on any atom is -0.357 e. The molecule has 0 aliphatic rings. The van der Waals surface area contributed by atoms with Crippen molar-refractivity contribution in [3.63, 3.8) is 0 Å². The monoisotopic (exact) mass is 429 g/mol. The molecule has 23 heavy (non-hydrogen) atoms. The van der Waals surface area contributed by atoms with E-state index in [4.69, 9.17) is 6.42 Å². The first-order valence-electron chi connectivity index (χ1n) is 7.27. The highest BCUT2D eigenvalue weighted by molar-refractivity contribution is 14.0. The fourth-order valence-corrected chi connectivity index (χ4v) is 1.70. The lowest BCUT2D eigenvalue weighted by atomic mass is 10.2. The first-order chi connectivity index (χ1) is 10.7. The summed E-state index contributed by atoms with van der Waals surface area (Å²) in [5.74, 6) is 2.97. The molecule has 0 aliphatic carbocycles. The number of guanidine groups is 1. The predicted molar refractivity (Wildman–Crippen MR) is 104 cm³/mol. The Morgan fingerprint density at radius 1 is 1.43 bits per heavy atom. The highest BCUT2D eigenvalue weighted by Crippen LogP contribution is 1.97. The Kier molecular flexibility index (Phi) is 11.7. The predicted octanol–water partition coefficient (Wildman–Crippen LogP) is 0.889. The zero-order valence-electron chi connectivity index (χ0n) is 13.6. The first kappa shape index (κ1) is 21.2. The van der Waals surface area contributed by atoms with Gasteiger partial charge in [0.15, 0.2) is 5.96 Å². The Morgan fingerprint density at radius 2 is 2.22 bits per heavy atom. The Hall–Kier alpha value is -1.82. The van der Waals surface area contributed by atoms with Gasteiger partial charge < -0.3 is 15.5 Å². The van der Waals surface area contributed by atoms with Gasteiger partial charge in [0.2, 0.25) is 5.91 Å². The third-order valence-electron chi connectivity index (χ3n) is 2.93. The average molecular weight is 429 g/mol. The number of rotatable bonds is 7. The molecule has 2 N–H and O–H groups in total. The Balaban J connectivity index is 0.00000484. The van der Waals surface area contributed by atoms with Crippen LogP contribution in [0.25, 0.3) is 0 Å². The Morgan fingerprint density at radius 3 is 2.83 bits per heavy atom. The van der Waals surface area contributed by atoms with Gasteiger partial charge in [0.05, 0.1) is 6.54 Å². The zero-order valence-corrected chi connectivity index (χ0v) is 15.9. The molecule has 0 radical (unpaired) electrons. The van der Waals surface area contributed by atoms with Crippen molar-refractivity contribution < 1.29 is 4.79 Å². The van der Waals surface area contributed by atoms with Crippen LogP contribution in [0.4, 0.5) is 0 Å². The van der Waals surface area contributed by atoms with E-state index < -0.39 is 0 Å². The molecular weight excluding hydrogens is 405 g/mol. The summed E-state index contributed by atoms with van der Waals surface area (Å²) in [6.45, 7) is 3.72. The number of halogens is 1. The quantitative estimate of drug-likeness (QED) is 0.293. The van der Waals surface area contributed by atoms with Crippen LogP contribution in [-0.4, -0.2) is 55.0 Å². The number of hydrogen-bond donors (Lipinski definition) is 2. The molecule has 0 bridgehead atoms. The fourth-order valence-electron chi connectivity index (χ4n) is 1.70. The van der Waals surface area contributed by atoms with Gasteiger partial charge in [0.25, 0.3) is 0 Å². The van der Waals surface area contributed by atoms with Gasteiger partial charge in [-0.25, -0.2) is 4.99 Å². The summed E-state index contributed by atoms with van der Waals surface area (Å²) < 4.78 is 0. The third-order valence-corrected chi connectivity index (χ3v) is 2.93. The maximum atomic E-state index is 12.0. The molecule has 1 aromatic heterocycles. The van der Waals surface area contributed by atoms with Crippen molar-refractivity contribution in [3.8, 4) is 12.3 Å². The normalized spacial score (nSPS) is 10.2. The van der Waals surface area contributed by atoms with Crippen molar-refractivity contribution in [2.75, 3.05) is 33.2 Å². The van der Waals surface area contributed by atoms with Crippen LogP contribution in [0.2, 0.25) is 0 Å².